The summed E-state index contributed by atoms with van der Waals surface area (Å²) in [6, 6.07) is 3.25. The molecule has 1 aromatic heterocycles. The third-order valence-electron chi connectivity index (χ3n) is 3.91. The molecule has 0 amide bonds. The molecule has 0 saturated carbocycles. The molecule has 0 spiro atoms. The third-order valence-corrected chi connectivity index (χ3v) is 3.91. The average Bonchev–Trinajstić information content (AvgIpc) is 2.91. The molecule has 2 aromatic rings. The normalized spacial score (nSPS) is 15.6. The zero-order valence-electron chi connectivity index (χ0n) is 14.3. The van der Waals surface area contributed by atoms with Gasteiger partial charge in [-0.25, -0.2) is 4.98 Å². The van der Waals surface area contributed by atoms with E-state index < -0.39 is 19.2 Å². The predicted molar refractivity (Wildman–Crippen MR) is 92.6 cm³/mol. The minimum Gasteiger partial charge on any atom is -0.493 e. The summed E-state index contributed by atoms with van der Waals surface area (Å²) >= 11 is 0. The van der Waals surface area contributed by atoms with Crippen LogP contribution >= 0.6 is 0 Å². The minimum absolute atomic E-state index is 0.265. The van der Waals surface area contributed by atoms with Gasteiger partial charge in [0.1, 0.15) is 11.5 Å². The van der Waals surface area contributed by atoms with Gasteiger partial charge in [0.05, 0.1) is 25.3 Å². The molecule has 1 aromatic carbocycles. The number of ether oxygens (including phenoxy) is 2. The average molecular weight is 358 g/mol. The van der Waals surface area contributed by atoms with E-state index in [9.17, 15) is 9.82 Å². The molecule has 0 bridgehead atoms. The lowest BCUT2D eigenvalue weighted by molar-refractivity contribution is -0.138. The monoisotopic (exact) mass is 358 g/mol. The molecule has 0 radical (unpaired) electrons. The van der Waals surface area contributed by atoms with Crippen LogP contribution in [-0.4, -0.2) is 39.8 Å². The lowest BCUT2D eigenvalue weighted by Gasteiger charge is -2.16. The maximum absolute atomic E-state index is 11.1. The second-order valence-corrected chi connectivity index (χ2v) is 5.85. The van der Waals surface area contributed by atoms with Crippen molar-refractivity contribution < 1.29 is 29.1 Å². The number of aromatic nitrogens is 2. The zero-order valence-corrected chi connectivity index (χ0v) is 14.3. The van der Waals surface area contributed by atoms with Crippen LogP contribution in [0.4, 0.5) is 0 Å². The highest BCUT2D eigenvalue weighted by Crippen LogP contribution is 2.37. The first-order chi connectivity index (χ1) is 12.6. The summed E-state index contributed by atoms with van der Waals surface area (Å²) in [5.74, 6) is 0.115. The maximum atomic E-state index is 11.1. The molecular weight excluding hydrogens is 339 g/mol. The molecule has 1 aliphatic heterocycles. The SMILES string of the molecule is CCCCOc1cc(Oc2cnccn2)cc2c1C(CC(=O)O)OB2O. The molecule has 136 valence electrons. The van der Waals surface area contributed by atoms with Gasteiger partial charge in [-0.1, -0.05) is 13.3 Å². The quantitative estimate of drug-likeness (QED) is 0.542. The number of nitrogens with zero attached hydrogens (tertiary/aromatic N) is 2. The first-order valence-corrected chi connectivity index (χ1v) is 8.38. The van der Waals surface area contributed by atoms with Gasteiger partial charge in [-0.3, -0.25) is 9.78 Å². The van der Waals surface area contributed by atoms with Crippen molar-refractivity contribution in [3.05, 3.63) is 36.3 Å². The molecule has 26 heavy (non-hydrogen) atoms. The molecule has 1 atom stereocenters. The topological polar surface area (TPSA) is 111 Å². The van der Waals surface area contributed by atoms with E-state index in [2.05, 4.69) is 9.97 Å². The zero-order chi connectivity index (χ0) is 18.5. The Balaban J connectivity index is 1.95. The summed E-state index contributed by atoms with van der Waals surface area (Å²) in [5, 5.41) is 19.3. The Morgan fingerprint density at radius 2 is 2.23 bits per heavy atom. The smallest absolute Gasteiger partial charge is 0.492 e. The number of benzene rings is 1. The summed E-state index contributed by atoms with van der Waals surface area (Å²) in [4.78, 5) is 19.1. The molecule has 1 unspecified atom stereocenters. The number of hydrogen-bond acceptors (Lipinski definition) is 7. The van der Waals surface area contributed by atoms with E-state index in [4.69, 9.17) is 19.2 Å². The van der Waals surface area contributed by atoms with Gasteiger partial charge >= 0.3 is 13.1 Å². The number of aliphatic carboxylic acids is 1. The summed E-state index contributed by atoms with van der Waals surface area (Å²) < 4.78 is 16.9. The highest BCUT2D eigenvalue weighted by molar-refractivity contribution is 6.62. The first-order valence-electron chi connectivity index (χ1n) is 8.38. The lowest BCUT2D eigenvalue weighted by atomic mass is 9.78. The molecule has 2 heterocycles. The van der Waals surface area contributed by atoms with E-state index in [1.165, 1.54) is 18.6 Å². The predicted octanol–water partition coefficient (Wildman–Crippen LogP) is 1.68. The van der Waals surface area contributed by atoms with E-state index in [-0.39, 0.29) is 6.42 Å². The van der Waals surface area contributed by atoms with Gasteiger partial charge < -0.3 is 24.3 Å². The maximum Gasteiger partial charge on any atom is 0.492 e. The molecule has 9 heteroatoms. The number of fused-ring (bicyclic) bond motifs is 1. The van der Waals surface area contributed by atoms with E-state index in [1.807, 2.05) is 6.92 Å². The highest BCUT2D eigenvalue weighted by atomic mass is 16.5. The van der Waals surface area contributed by atoms with Gasteiger partial charge in [0.15, 0.2) is 0 Å². The second-order valence-electron chi connectivity index (χ2n) is 5.85. The van der Waals surface area contributed by atoms with Gasteiger partial charge in [-0.15, -0.1) is 0 Å². The van der Waals surface area contributed by atoms with Crippen molar-refractivity contribution in [1.82, 2.24) is 9.97 Å². The Morgan fingerprint density at radius 1 is 1.38 bits per heavy atom. The molecule has 0 saturated heterocycles. The Kier molecular flexibility index (Phi) is 5.70. The number of carboxylic acids is 1. The van der Waals surface area contributed by atoms with E-state index >= 15 is 0 Å². The first kappa shape index (κ1) is 18.2. The van der Waals surface area contributed by atoms with Crippen molar-refractivity contribution in [2.75, 3.05) is 6.61 Å². The highest BCUT2D eigenvalue weighted by Gasteiger charge is 2.39. The number of carbonyl (C=O) groups is 1. The molecule has 8 nitrogen and oxygen atoms in total. The number of hydrogen-bond donors (Lipinski definition) is 2. The molecule has 2 N–H and O–H groups in total. The van der Waals surface area contributed by atoms with Crippen LogP contribution in [0.25, 0.3) is 0 Å². The summed E-state index contributed by atoms with van der Waals surface area (Å²) in [6.07, 6.45) is 5.25. The van der Waals surface area contributed by atoms with E-state index in [0.29, 0.717) is 35.0 Å². The Labute approximate surface area is 150 Å². The van der Waals surface area contributed by atoms with Crippen LogP contribution in [0.2, 0.25) is 0 Å². The fourth-order valence-corrected chi connectivity index (χ4v) is 2.74. The summed E-state index contributed by atoms with van der Waals surface area (Å²) in [7, 11) is -1.24. The minimum atomic E-state index is -1.24. The number of unbranched alkanes of at least 4 members (excludes halogenated alkanes) is 1. The van der Waals surface area contributed by atoms with E-state index in [0.717, 1.165) is 12.8 Å². The third kappa shape index (κ3) is 4.12. The second kappa shape index (κ2) is 8.16. The van der Waals surface area contributed by atoms with Gasteiger partial charge in [0.2, 0.25) is 5.88 Å². The molecule has 1 aliphatic rings. The van der Waals surface area contributed by atoms with Crippen LogP contribution in [0.1, 0.15) is 37.9 Å². The van der Waals surface area contributed by atoms with Crippen molar-refractivity contribution in [2.45, 2.75) is 32.3 Å². The Hall–Kier alpha value is -2.65. The largest absolute Gasteiger partial charge is 0.493 e. The van der Waals surface area contributed by atoms with Crippen LogP contribution in [-0.2, 0) is 9.45 Å². The molecule has 0 fully saturated rings. The summed E-state index contributed by atoms with van der Waals surface area (Å²) in [6.45, 7) is 2.51. The van der Waals surface area contributed by atoms with Crippen LogP contribution in [0, 0.1) is 0 Å². The van der Waals surface area contributed by atoms with Crippen molar-refractivity contribution in [1.29, 1.82) is 0 Å². The number of rotatable bonds is 8. The fraction of sp³-hybridized carbons (Fsp3) is 0.353. The van der Waals surface area contributed by atoms with E-state index in [1.54, 1.807) is 12.1 Å². The molecular formula is C17H19BN2O6. The van der Waals surface area contributed by atoms with Crippen molar-refractivity contribution in [3.8, 4) is 17.4 Å². The van der Waals surface area contributed by atoms with Crippen molar-refractivity contribution in [2.24, 2.45) is 0 Å². The standard InChI is InChI=1S/C17H19BN2O6/c1-2-3-6-24-13-8-11(25-15-10-19-4-5-20-15)7-12-17(13)14(9-16(21)22)26-18(12)23/h4-5,7-8,10,14,23H,2-3,6,9H2,1H3,(H,21,22). The van der Waals surface area contributed by atoms with Gasteiger partial charge in [-0.2, -0.15) is 0 Å². The Bertz CT molecular complexity index is 773. The van der Waals surface area contributed by atoms with Crippen LogP contribution in [0.5, 0.6) is 17.4 Å². The molecule has 0 aliphatic carbocycles. The van der Waals surface area contributed by atoms with Gasteiger partial charge in [0, 0.05) is 24.0 Å². The van der Waals surface area contributed by atoms with Crippen molar-refractivity contribution >= 4 is 18.6 Å². The Morgan fingerprint density at radius 3 is 2.92 bits per heavy atom. The van der Waals surface area contributed by atoms with Gasteiger partial charge in [-0.05, 0) is 17.9 Å². The van der Waals surface area contributed by atoms with Gasteiger partial charge in [0.25, 0.3) is 0 Å². The van der Waals surface area contributed by atoms with Crippen LogP contribution in [0.3, 0.4) is 0 Å². The number of carboxylic acid groups (broad SMARTS) is 1. The van der Waals surface area contributed by atoms with Crippen molar-refractivity contribution in [3.63, 3.8) is 0 Å². The lowest BCUT2D eigenvalue weighted by Crippen LogP contribution is -2.28. The summed E-state index contributed by atoms with van der Waals surface area (Å²) in [5.41, 5.74) is 0.978. The fourth-order valence-electron chi connectivity index (χ4n) is 2.74. The molecule has 3 rings (SSSR count). The van der Waals surface area contributed by atoms with Crippen LogP contribution < -0.4 is 14.9 Å². The van der Waals surface area contributed by atoms with Crippen LogP contribution in [0.15, 0.2) is 30.7 Å².